The number of nitrogens with one attached hydrogen (secondary N) is 2. The summed E-state index contributed by atoms with van der Waals surface area (Å²) in [5.74, 6) is 1.12. The summed E-state index contributed by atoms with van der Waals surface area (Å²) in [5.41, 5.74) is 3.12. The van der Waals surface area contributed by atoms with Crippen LogP contribution in [0.3, 0.4) is 0 Å². The van der Waals surface area contributed by atoms with Gasteiger partial charge >= 0.3 is 0 Å². The molecule has 0 bridgehead atoms. The van der Waals surface area contributed by atoms with Crippen LogP contribution in [0.15, 0.2) is 29.5 Å². The number of hydrogen-bond donors (Lipinski definition) is 2. The fourth-order valence-corrected chi connectivity index (χ4v) is 3.13. The quantitative estimate of drug-likeness (QED) is 0.330. The average Bonchev–Trinajstić information content (AvgIpc) is 3.21. The van der Waals surface area contributed by atoms with Crippen molar-refractivity contribution < 1.29 is 0 Å². The van der Waals surface area contributed by atoms with Crippen LogP contribution in [0.4, 0.5) is 0 Å². The van der Waals surface area contributed by atoms with Gasteiger partial charge in [0.2, 0.25) is 0 Å². The summed E-state index contributed by atoms with van der Waals surface area (Å²) in [7, 11) is 1.75. The molecular formula is C17H24IN7S. The van der Waals surface area contributed by atoms with Gasteiger partial charge in [-0.2, -0.15) is 0 Å². The molecule has 3 heterocycles. The number of hydrogen-bond acceptors (Lipinski definition) is 5. The molecule has 3 aromatic rings. The second kappa shape index (κ2) is 9.26. The van der Waals surface area contributed by atoms with Crippen LogP contribution < -0.4 is 10.6 Å². The van der Waals surface area contributed by atoms with Gasteiger partial charge in [-0.25, -0.2) is 4.98 Å². The van der Waals surface area contributed by atoms with E-state index in [-0.39, 0.29) is 24.0 Å². The SMILES string of the molecule is CN=C(NCc1cn2ccc(C)cc2n1)NCc1nnc(C(C)C)s1.I. The molecule has 0 radical (unpaired) electrons. The van der Waals surface area contributed by atoms with Crippen LogP contribution in [-0.2, 0) is 13.1 Å². The first-order valence-electron chi connectivity index (χ1n) is 8.26. The summed E-state index contributed by atoms with van der Waals surface area (Å²) >= 11 is 1.63. The van der Waals surface area contributed by atoms with E-state index in [9.17, 15) is 0 Å². The van der Waals surface area contributed by atoms with E-state index in [2.05, 4.69) is 63.7 Å². The molecule has 0 saturated heterocycles. The van der Waals surface area contributed by atoms with Crippen molar-refractivity contribution >= 4 is 46.9 Å². The zero-order chi connectivity index (χ0) is 17.8. The van der Waals surface area contributed by atoms with Crippen molar-refractivity contribution in [3.8, 4) is 0 Å². The number of rotatable bonds is 5. The number of pyridine rings is 1. The Bertz CT molecular complexity index is 884. The van der Waals surface area contributed by atoms with Crippen LogP contribution >= 0.6 is 35.3 Å². The molecule has 9 heteroatoms. The van der Waals surface area contributed by atoms with Gasteiger partial charge in [0, 0.05) is 25.4 Å². The monoisotopic (exact) mass is 485 g/mol. The van der Waals surface area contributed by atoms with Gasteiger partial charge in [-0.3, -0.25) is 4.99 Å². The maximum absolute atomic E-state index is 4.62. The van der Waals surface area contributed by atoms with Crippen LogP contribution in [0, 0.1) is 6.92 Å². The molecule has 26 heavy (non-hydrogen) atoms. The molecule has 0 atom stereocenters. The van der Waals surface area contributed by atoms with E-state index in [4.69, 9.17) is 0 Å². The minimum Gasteiger partial charge on any atom is -0.351 e. The predicted molar refractivity (Wildman–Crippen MR) is 116 cm³/mol. The van der Waals surface area contributed by atoms with Crippen molar-refractivity contribution in [3.63, 3.8) is 0 Å². The zero-order valence-electron chi connectivity index (χ0n) is 15.4. The molecule has 0 aliphatic carbocycles. The fraction of sp³-hybridized carbons (Fsp3) is 0.412. The van der Waals surface area contributed by atoms with Crippen molar-refractivity contribution in [2.45, 2.75) is 39.8 Å². The molecular weight excluding hydrogens is 461 g/mol. The summed E-state index contributed by atoms with van der Waals surface area (Å²) in [6.07, 6.45) is 4.05. The van der Waals surface area contributed by atoms with E-state index in [0.29, 0.717) is 19.0 Å². The second-order valence-electron chi connectivity index (χ2n) is 6.17. The largest absolute Gasteiger partial charge is 0.351 e. The van der Waals surface area contributed by atoms with E-state index < -0.39 is 0 Å². The van der Waals surface area contributed by atoms with Crippen LogP contribution in [0.5, 0.6) is 0 Å². The van der Waals surface area contributed by atoms with Gasteiger partial charge in [-0.15, -0.1) is 34.2 Å². The van der Waals surface area contributed by atoms with E-state index in [1.54, 1.807) is 18.4 Å². The Morgan fingerprint density at radius 1 is 1.27 bits per heavy atom. The lowest BCUT2D eigenvalue weighted by Gasteiger charge is -2.09. The summed E-state index contributed by atoms with van der Waals surface area (Å²) in [6.45, 7) is 7.52. The lowest BCUT2D eigenvalue weighted by atomic mass is 10.2. The highest BCUT2D eigenvalue weighted by Crippen LogP contribution is 2.18. The van der Waals surface area contributed by atoms with Gasteiger partial charge < -0.3 is 15.0 Å². The standard InChI is InChI=1S/C17H23N7S.HI/c1-11(2)16-23-22-15(25-16)9-20-17(18-4)19-8-13-10-24-6-5-12(3)7-14(24)21-13;/h5-7,10-11H,8-9H2,1-4H3,(H2,18,19,20);1H. The molecule has 2 N–H and O–H groups in total. The van der Waals surface area contributed by atoms with Gasteiger partial charge in [0.05, 0.1) is 18.8 Å². The number of fused-ring (bicyclic) bond motifs is 1. The summed E-state index contributed by atoms with van der Waals surface area (Å²) in [4.78, 5) is 8.86. The molecule has 0 amide bonds. The molecule has 0 unspecified atom stereocenters. The van der Waals surface area contributed by atoms with Crippen LogP contribution in [-0.4, -0.2) is 32.6 Å². The van der Waals surface area contributed by atoms with E-state index >= 15 is 0 Å². The van der Waals surface area contributed by atoms with E-state index in [0.717, 1.165) is 27.3 Å². The second-order valence-corrected chi connectivity index (χ2v) is 7.26. The predicted octanol–water partition coefficient (Wildman–Crippen LogP) is 3.10. The molecule has 0 saturated carbocycles. The molecule has 0 aromatic carbocycles. The highest BCUT2D eigenvalue weighted by Gasteiger charge is 2.08. The van der Waals surface area contributed by atoms with Crippen LogP contribution in [0.1, 0.15) is 41.0 Å². The molecule has 0 fully saturated rings. The number of aryl methyl sites for hydroxylation is 1. The van der Waals surface area contributed by atoms with Crippen molar-refractivity contribution in [2.24, 2.45) is 4.99 Å². The first-order valence-corrected chi connectivity index (χ1v) is 9.08. The third kappa shape index (κ3) is 5.13. The Morgan fingerprint density at radius 2 is 2.04 bits per heavy atom. The Hall–Kier alpha value is -1.75. The highest BCUT2D eigenvalue weighted by molar-refractivity contribution is 14.0. The summed E-state index contributed by atoms with van der Waals surface area (Å²) in [5, 5.41) is 17.0. The Labute approximate surface area is 174 Å². The molecule has 0 aliphatic heterocycles. The average molecular weight is 485 g/mol. The normalized spacial score (nSPS) is 11.7. The lowest BCUT2D eigenvalue weighted by Crippen LogP contribution is -2.36. The number of imidazole rings is 1. The fourth-order valence-electron chi connectivity index (χ4n) is 2.35. The van der Waals surface area contributed by atoms with Crippen LogP contribution in [0.2, 0.25) is 0 Å². The van der Waals surface area contributed by atoms with Gasteiger partial charge in [0.25, 0.3) is 0 Å². The number of aliphatic imine (C=N–C) groups is 1. The van der Waals surface area contributed by atoms with Gasteiger partial charge in [0.1, 0.15) is 15.7 Å². The molecule has 3 rings (SSSR count). The van der Waals surface area contributed by atoms with Crippen molar-refractivity contribution in [1.29, 1.82) is 0 Å². The minimum absolute atomic E-state index is 0. The molecule has 0 spiro atoms. The third-order valence-corrected chi connectivity index (χ3v) is 4.93. The Morgan fingerprint density at radius 3 is 2.73 bits per heavy atom. The number of halogens is 1. The van der Waals surface area contributed by atoms with Crippen molar-refractivity contribution in [3.05, 3.63) is 45.8 Å². The van der Waals surface area contributed by atoms with Crippen LogP contribution in [0.25, 0.3) is 5.65 Å². The molecule has 140 valence electrons. The number of nitrogens with zero attached hydrogens (tertiary/aromatic N) is 5. The maximum Gasteiger partial charge on any atom is 0.191 e. The minimum atomic E-state index is 0. The van der Waals surface area contributed by atoms with E-state index in [1.807, 2.05) is 16.8 Å². The van der Waals surface area contributed by atoms with Crippen molar-refractivity contribution in [1.82, 2.24) is 30.2 Å². The number of aromatic nitrogens is 4. The first-order chi connectivity index (χ1) is 12.0. The zero-order valence-corrected chi connectivity index (χ0v) is 18.5. The van der Waals surface area contributed by atoms with Gasteiger partial charge in [0.15, 0.2) is 5.96 Å². The smallest absolute Gasteiger partial charge is 0.191 e. The van der Waals surface area contributed by atoms with Gasteiger partial charge in [-0.05, 0) is 24.6 Å². The Balaban J connectivity index is 0.00000243. The third-order valence-electron chi connectivity index (χ3n) is 3.71. The van der Waals surface area contributed by atoms with Crippen molar-refractivity contribution in [2.75, 3.05) is 7.05 Å². The molecule has 3 aromatic heterocycles. The highest BCUT2D eigenvalue weighted by atomic mass is 127. The lowest BCUT2D eigenvalue weighted by molar-refractivity contribution is 0.778. The van der Waals surface area contributed by atoms with E-state index in [1.165, 1.54) is 5.56 Å². The summed E-state index contributed by atoms with van der Waals surface area (Å²) in [6, 6.07) is 4.14. The number of guanidine groups is 1. The van der Waals surface area contributed by atoms with Gasteiger partial charge in [-0.1, -0.05) is 25.2 Å². The Kier molecular flexibility index (Phi) is 7.33. The molecule has 7 nitrogen and oxygen atoms in total. The first kappa shape index (κ1) is 20.6. The summed E-state index contributed by atoms with van der Waals surface area (Å²) < 4.78 is 2.02. The molecule has 0 aliphatic rings. The topological polar surface area (TPSA) is 79.5 Å². The maximum atomic E-state index is 4.62.